The lowest BCUT2D eigenvalue weighted by Crippen LogP contribution is -2.56. The molecule has 0 saturated heterocycles. The SMILES string of the molecule is CC(C)=C1C=C(C(C)C)C2C1C(=O)C2(Cl)Cl. The molecule has 0 amide bonds. The van der Waals surface area contributed by atoms with E-state index in [1.807, 2.05) is 13.8 Å². The van der Waals surface area contributed by atoms with Crippen molar-refractivity contribution in [3.63, 3.8) is 0 Å². The summed E-state index contributed by atoms with van der Waals surface area (Å²) in [6, 6.07) is 0. The molecule has 0 radical (unpaired) electrons. The van der Waals surface area contributed by atoms with Crippen molar-refractivity contribution in [1.82, 2.24) is 0 Å². The Labute approximate surface area is 106 Å². The van der Waals surface area contributed by atoms with Gasteiger partial charge in [0.25, 0.3) is 0 Å². The Morgan fingerprint density at radius 2 is 1.94 bits per heavy atom. The van der Waals surface area contributed by atoms with Gasteiger partial charge in [0.15, 0.2) is 10.1 Å². The summed E-state index contributed by atoms with van der Waals surface area (Å²) in [6.45, 7) is 8.29. The number of carbonyl (C=O) groups is 1. The minimum absolute atomic E-state index is 0.00627. The fourth-order valence-corrected chi connectivity index (χ4v) is 3.43. The zero-order valence-electron chi connectivity index (χ0n) is 9.97. The van der Waals surface area contributed by atoms with E-state index in [1.165, 1.54) is 11.1 Å². The molecule has 88 valence electrons. The summed E-state index contributed by atoms with van der Waals surface area (Å²) in [6.07, 6.45) is 2.12. The van der Waals surface area contributed by atoms with Crippen LogP contribution in [0.3, 0.4) is 0 Å². The first-order valence-electron chi connectivity index (χ1n) is 5.59. The number of halogens is 2. The molecule has 3 heteroatoms. The number of Topliss-reactive ketones (excluding diaryl/α,β-unsaturated/α-hetero) is 1. The molecule has 2 aliphatic carbocycles. The smallest absolute Gasteiger partial charge is 0.184 e. The molecule has 1 nitrogen and oxygen atoms in total. The van der Waals surface area contributed by atoms with Crippen LogP contribution in [0, 0.1) is 17.8 Å². The Bertz CT molecular complexity index is 412. The van der Waals surface area contributed by atoms with Crippen molar-refractivity contribution < 1.29 is 4.79 Å². The van der Waals surface area contributed by atoms with Crippen molar-refractivity contribution in [1.29, 1.82) is 0 Å². The van der Waals surface area contributed by atoms with Crippen LogP contribution in [0.15, 0.2) is 22.8 Å². The quantitative estimate of drug-likeness (QED) is 0.652. The van der Waals surface area contributed by atoms with E-state index in [1.54, 1.807) is 0 Å². The second-order valence-corrected chi connectivity index (χ2v) is 6.58. The van der Waals surface area contributed by atoms with Gasteiger partial charge in [0.1, 0.15) is 0 Å². The lowest BCUT2D eigenvalue weighted by atomic mass is 9.67. The van der Waals surface area contributed by atoms with Crippen LogP contribution in [-0.2, 0) is 4.79 Å². The summed E-state index contributed by atoms with van der Waals surface area (Å²) in [5.74, 6) is 0.254. The van der Waals surface area contributed by atoms with Crippen LogP contribution >= 0.6 is 23.2 Å². The van der Waals surface area contributed by atoms with E-state index in [2.05, 4.69) is 19.9 Å². The first-order chi connectivity index (χ1) is 7.28. The maximum atomic E-state index is 11.9. The maximum absolute atomic E-state index is 11.9. The van der Waals surface area contributed by atoms with E-state index >= 15 is 0 Å². The van der Waals surface area contributed by atoms with Crippen LogP contribution < -0.4 is 0 Å². The molecule has 2 rings (SSSR count). The third-order valence-electron chi connectivity index (χ3n) is 3.60. The van der Waals surface area contributed by atoms with Crippen LogP contribution in [0.2, 0.25) is 0 Å². The standard InChI is InChI=1S/C13H16Cl2O/c1-6(2)8-5-9(7(3)4)11-10(8)12(16)13(11,14)15/h5,7,10-11H,1-4H3. The number of fused-ring (bicyclic) bond motifs is 1. The molecule has 0 N–H and O–H groups in total. The van der Waals surface area contributed by atoms with E-state index in [0.29, 0.717) is 5.92 Å². The van der Waals surface area contributed by atoms with Gasteiger partial charge in [-0.05, 0) is 25.3 Å². The number of alkyl halides is 2. The Morgan fingerprint density at radius 1 is 1.38 bits per heavy atom. The maximum Gasteiger partial charge on any atom is 0.184 e. The Morgan fingerprint density at radius 3 is 2.38 bits per heavy atom. The Hall–Kier alpha value is -0.270. The summed E-state index contributed by atoms with van der Waals surface area (Å²) in [5, 5.41) is 0. The van der Waals surface area contributed by atoms with Crippen LogP contribution in [0.5, 0.6) is 0 Å². The Kier molecular flexibility index (Phi) is 2.75. The molecule has 0 bridgehead atoms. The topological polar surface area (TPSA) is 17.1 Å². The molecule has 2 unspecified atom stereocenters. The summed E-state index contributed by atoms with van der Waals surface area (Å²) in [5.41, 5.74) is 3.52. The number of ketones is 1. The largest absolute Gasteiger partial charge is 0.296 e. The van der Waals surface area contributed by atoms with Crippen molar-refractivity contribution in [3.05, 3.63) is 22.8 Å². The van der Waals surface area contributed by atoms with E-state index in [0.717, 1.165) is 5.57 Å². The zero-order chi connectivity index (χ0) is 12.2. The molecule has 0 aromatic carbocycles. The van der Waals surface area contributed by atoms with Gasteiger partial charge in [0, 0.05) is 5.92 Å². The second-order valence-electron chi connectivity index (χ2n) is 5.20. The van der Waals surface area contributed by atoms with Gasteiger partial charge < -0.3 is 0 Å². The number of rotatable bonds is 1. The average Bonchev–Trinajstić information content (AvgIpc) is 2.55. The molecule has 0 aromatic heterocycles. The predicted molar refractivity (Wildman–Crippen MR) is 67.7 cm³/mol. The van der Waals surface area contributed by atoms with Crippen molar-refractivity contribution in [2.45, 2.75) is 32.0 Å². The molecule has 0 spiro atoms. The highest BCUT2D eigenvalue weighted by atomic mass is 35.5. The minimum atomic E-state index is -1.20. The molecule has 1 saturated carbocycles. The highest BCUT2D eigenvalue weighted by Gasteiger charge is 2.64. The number of hydrogen-bond donors (Lipinski definition) is 0. The van der Waals surface area contributed by atoms with Crippen molar-refractivity contribution in [3.8, 4) is 0 Å². The van der Waals surface area contributed by atoms with Gasteiger partial charge in [-0.25, -0.2) is 0 Å². The number of allylic oxidation sites excluding steroid dienone is 4. The van der Waals surface area contributed by atoms with Gasteiger partial charge in [-0.3, -0.25) is 4.79 Å². The molecular weight excluding hydrogens is 243 g/mol. The molecule has 16 heavy (non-hydrogen) atoms. The molecule has 1 fully saturated rings. The molecule has 0 aliphatic heterocycles. The molecular formula is C13H16Cl2O. The first-order valence-corrected chi connectivity index (χ1v) is 6.35. The van der Waals surface area contributed by atoms with Crippen LogP contribution in [0.1, 0.15) is 27.7 Å². The monoisotopic (exact) mass is 258 g/mol. The summed E-state index contributed by atoms with van der Waals surface area (Å²) in [4.78, 5) is 11.9. The second kappa shape index (κ2) is 3.61. The summed E-state index contributed by atoms with van der Waals surface area (Å²) in [7, 11) is 0. The van der Waals surface area contributed by atoms with Crippen LogP contribution in [-0.4, -0.2) is 10.1 Å². The third kappa shape index (κ3) is 1.41. The molecule has 0 heterocycles. The van der Waals surface area contributed by atoms with Gasteiger partial charge in [-0.1, -0.05) is 54.3 Å². The summed E-state index contributed by atoms with van der Waals surface area (Å²) >= 11 is 12.2. The number of hydrogen-bond acceptors (Lipinski definition) is 1. The minimum Gasteiger partial charge on any atom is -0.296 e. The van der Waals surface area contributed by atoms with Crippen molar-refractivity contribution >= 4 is 29.0 Å². The highest BCUT2D eigenvalue weighted by molar-refractivity contribution is 6.61. The predicted octanol–water partition coefficient (Wildman–Crippen LogP) is 3.91. The van der Waals surface area contributed by atoms with Crippen molar-refractivity contribution in [2.75, 3.05) is 0 Å². The van der Waals surface area contributed by atoms with Gasteiger partial charge in [0.2, 0.25) is 0 Å². The van der Waals surface area contributed by atoms with Gasteiger partial charge in [-0.15, -0.1) is 0 Å². The highest BCUT2D eigenvalue weighted by Crippen LogP contribution is 2.60. The Balaban J connectivity index is 2.48. The first kappa shape index (κ1) is 12.2. The van der Waals surface area contributed by atoms with Gasteiger partial charge >= 0.3 is 0 Å². The molecule has 2 atom stereocenters. The van der Waals surface area contributed by atoms with E-state index in [-0.39, 0.29) is 17.6 Å². The lowest BCUT2D eigenvalue weighted by molar-refractivity contribution is -0.131. The van der Waals surface area contributed by atoms with Crippen LogP contribution in [0.4, 0.5) is 0 Å². The number of carbonyl (C=O) groups excluding carboxylic acids is 1. The normalized spacial score (nSPS) is 31.3. The fraction of sp³-hybridized carbons (Fsp3) is 0.615. The molecule has 0 aromatic rings. The molecule has 2 aliphatic rings. The van der Waals surface area contributed by atoms with Crippen LogP contribution in [0.25, 0.3) is 0 Å². The van der Waals surface area contributed by atoms with E-state index in [9.17, 15) is 4.79 Å². The zero-order valence-corrected chi connectivity index (χ0v) is 11.5. The summed E-state index contributed by atoms with van der Waals surface area (Å²) < 4.78 is -1.20. The van der Waals surface area contributed by atoms with Gasteiger partial charge in [0.05, 0.1) is 5.92 Å². The lowest BCUT2D eigenvalue weighted by Gasteiger charge is -2.44. The van der Waals surface area contributed by atoms with E-state index in [4.69, 9.17) is 23.2 Å². The average molecular weight is 259 g/mol. The third-order valence-corrected chi connectivity index (χ3v) is 4.44. The fourth-order valence-electron chi connectivity index (χ4n) is 2.69. The van der Waals surface area contributed by atoms with E-state index < -0.39 is 4.33 Å². The van der Waals surface area contributed by atoms with Crippen molar-refractivity contribution in [2.24, 2.45) is 17.8 Å². The van der Waals surface area contributed by atoms with Gasteiger partial charge in [-0.2, -0.15) is 0 Å².